The third-order valence-corrected chi connectivity index (χ3v) is 5.81. The van der Waals surface area contributed by atoms with Crippen LogP contribution in [0.4, 0.5) is 0 Å². The van der Waals surface area contributed by atoms with Crippen LogP contribution in [0.25, 0.3) is 0 Å². The number of carbonyl (C=O) groups is 2. The lowest BCUT2D eigenvalue weighted by atomic mass is 9.65. The van der Waals surface area contributed by atoms with Gasteiger partial charge < -0.3 is 10.2 Å². The maximum absolute atomic E-state index is 11.3. The van der Waals surface area contributed by atoms with Gasteiger partial charge in [-0.1, -0.05) is 39.0 Å². The fourth-order valence-electron chi connectivity index (χ4n) is 4.73. The maximum Gasteiger partial charge on any atom is 0.306 e. The first-order chi connectivity index (χ1) is 10.0. The molecule has 4 atom stereocenters. The number of carboxylic acids is 2. The van der Waals surface area contributed by atoms with Gasteiger partial charge in [0, 0.05) is 0 Å². The van der Waals surface area contributed by atoms with Gasteiger partial charge in [0.2, 0.25) is 0 Å². The summed E-state index contributed by atoms with van der Waals surface area (Å²) in [5.41, 5.74) is 0. The maximum atomic E-state index is 11.3. The van der Waals surface area contributed by atoms with Gasteiger partial charge in [-0.25, -0.2) is 0 Å². The SMILES string of the molecule is CCC(C1CCCC(C(=O)O)C1)C1CCCC(C(=O)O)C1. The van der Waals surface area contributed by atoms with Gasteiger partial charge in [-0.3, -0.25) is 9.59 Å². The number of carboxylic acid groups (broad SMARTS) is 2. The van der Waals surface area contributed by atoms with Gasteiger partial charge in [0.1, 0.15) is 0 Å². The topological polar surface area (TPSA) is 74.6 Å². The van der Waals surface area contributed by atoms with Crippen LogP contribution in [-0.2, 0) is 9.59 Å². The van der Waals surface area contributed by atoms with Crippen LogP contribution in [0.2, 0.25) is 0 Å². The number of rotatable bonds is 5. The van der Waals surface area contributed by atoms with E-state index in [2.05, 4.69) is 6.92 Å². The Morgan fingerprint density at radius 2 is 1.33 bits per heavy atom. The number of aliphatic carboxylic acids is 2. The first-order valence-electron chi connectivity index (χ1n) is 8.48. The molecule has 2 aliphatic rings. The van der Waals surface area contributed by atoms with Crippen molar-refractivity contribution in [3.63, 3.8) is 0 Å². The molecule has 0 aliphatic heterocycles. The molecule has 2 N–H and O–H groups in total. The third kappa shape index (κ3) is 3.98. The highest BCUT2D eigenvalue weighted by Gasteiger charge is 2.37. The van der Waals surface area contributed by atoms with E-state index in [0.717, 1.165) is 57.8 Å². The number of hydrogen-bond donors (Lipinski definition) is 2. The summed E-state index contributed by atoms with van der Waals surface area (Å²) in [6.07, 6.45) is 8.51. The molecule has 4 nitrogen and oxygen atoms in total. The lowest BCUT2D eigenvalue weighted by Crippen LogP contribution is -2.34. The molecular formula is C17H28O4. The molecule has 0 aromatic heterocycles. The van der Waals surface area contributed by atoms with Crippen molar-refractivity contribution < 1.29 is 19.8 Å². The van der Waals surface area contributed by atoms with Gasteiger partial charge in [-0.2, -0.15) is 0 Å². The van der Waals surface area contributed by atoms with Crippen molar-refractivity contribution in [3.05, 3.63) is 0 Å². The minimum absolute atomic E-state index is 0.184. The van der Waals surface area contributed by atoms with E-state index < -0.39 is 11.9 Å². The normalized spacial score (nSPS) is 35.1. The van der Waals surface area contributed by atoms with Crippen LogP contribution in [0.15, 0.2) is 0 Å². The molecule has 4 heteroatoms. The molecule has 4 unspecified atom stereocenters. The predicted molar refractivity (Wildman–Crippen MR) is 79.9 cm³/mol. The second-order valence-electron chi connectivity index (χ2n) is 7.00. The van der Waals surface area contributed by atoms with Crippen molar-refractivity contribution >= 4 is 11.9 Å². The Kier molecular flexibility index (Phi) is 5.65. The molecule has 0 bridgehead atoms. The monoisotopic (exact) mass is 296 g/mol. The van der Waals surface area contributed by atoms with Crippen molar-refractivity contribution in [2.75, 3.05) is 0 Å². The number of hydrogen-bond acceptors (Lipinski definition) is 2. The summed E-state index contributed by atoms with van der Waals surface area (Å²) >= 11 is 0. The van der Waals surface area contributed by atoms with Crippen LogP contribution in [-0.4, -0.2) is 22.2 Å². The summed E-state index contributed by atoms with van der Waals surface area (Å²) in [4.78, 5) is 22.5. The first kappa shape index (κ1) is 16.3. The van der Waals surface area contributed by atoms with E-state index in [1.165, 1.54) is 0 Å². The fraction of sp³-hybridized carbons (Fsp3) is 0.882. The highest BCUT2D eigenvalue weighted by atomic mass is 16.4. The van der Waals surface area contributed by atoms with E-state index in [9.17, 15) is 19.8 Å². The highest BCUT2D eigenvalue weighted by Crippen LogP contribution is 2.44. The zero-order valence-electron chi connectivity index (χ0n) is 13.0. The molecule has 0 aromatic rings. The average molecular weight is 296 g/mol. The van der Waals surface area contributed by atoms with Crippen LogP contribution < -0.4 is 0 Å². The minimum atomic E-state index is -0.651. The molecule has 0 amide bonds. The molecule has 0 aromatic carbocycles. The Morgan fingerprint density at radius 1 is 0.905 bits per heavy atom. The van der Waals surface area contributed by atoms with Crippen molar-refractivity contribution in [1.29, 1.82) is 0 Å². The molecule has 0 saturated heterocycles. The summed E-state index contributed by atoms with van der Waals surface area (Å²) in [6, 6.07) is 0. The Bertz CT molecular complexity index is 345. The quantitative estimate of drug-likeness (QED) is 0.809. The smallest absolute Gasteiger partial charge is 0.306 e. The Morgan fingerprint density at radius 3 is 1.67 bits per heavy atom. The summed E-state index contributed by atoms with van der Waals surface area (Å²) in [5.74, 6) is -0.212. The Balaban J connectivity index is 2.01. The molecule has 2 fully saturated rings. The van der Waals surface area contributed by atoms with Crippen molar-refractivity contribution in [1.82, 2.24) is 0 Å². The fourth-order valence-corrected chi connectivity index (χ4v) is 4.73. The van der Waals surface area contributed by atoms with Crippen LogP contribution in [0.5, 0.6) is 0 Å². The third-order valence-electron chi connectivity index (χ3n) is 5.81. The molecule has 0 spiro atoms. The van der Waals surface area contributed by atoms with E-state index >= 15 is 0 Å². The van der Waals surface area contributed by atoms with Crippen LogP contribution in [0.3, 0.4) is 0 Å². The minimum Gasteiger partial charge on any atom is -0.481 e. The molecule has 0 radical (unpaired) electrons. The molecule has 21 heavy (non-hydrogen) atoms. The van der Waals surface area contributed by atoms with Gasteiger partial charge in [0.25, 0.3) is 0 Å². The van der Waals surface area contributed by atoms with Crippen LogP contribution >= 0.6 is 0 Å². The van der Waals surface area contributed by atoms with Crippen molar-refractivity contribution in [2.24, 2.45) is 29.6 Å². The van der Waals surface area contributed by atoms with E-state index in [4.69, 9.17) is 0 Å². The first-order valence-corrected chi connectivity index (χ1v) is 8.48. The Hall–Kier alpha value is -1.06. The molecule has 2 rings (SSSR count). The van der Waals surface area contributed by atoms with Gasteiger partial charge in [-0.05, 0) is 43.4 Å². The molecule has 0 heterocycles. The summed E-state index contributed by atoms with van der Waals surface area (Å²) in [7, 11) is 0. The second kappa shape index (κ2) is 7.28. The summed E-state index contributed by atoms with van der Waals surface area (Å²) in [6.45, 7) is 2.18. The zero-order valence-corrected chi connectivity index (χ0v) is 13.0. The van der Waals surface area contributed by atoms with Gasteiger partial charge in [-0.15, -0.1) is 0 Å². The molecular weight excluding hydrogens is 268 g/mol. The second-order valence-corrected chi connectivity index (χ2v) is 7.00. The highest BCUT2D eigenvalue weighted by molar-refractivity contribution is 5.70. The standard InChI is InChI=1S/C17H28O4/c1-2-15(11-5-3-7-13(9-11)16(18)19)12-6-4-8-14(10-12)17(20)21/h11-15H,2-10H2,1H3,(H,18,19)(H,20,21). The average Bonchev–Trinajstić information content (AvgIpc) is 2.48. The molecule has 2 aliphatic carbocycles. The van der Waals surface area contributed by atoms with Gasteiger partial charge in [0.15, 0.2) is 0 Å². The van der Waals surface area contributed by atoms with E-state index in [1.807, 2.05) is 0 Å². The predicted octanol–water partition coefficient (Wildman–Crippen LogP) is 3.79. The van der Waals surface area contributed by atoms with Crippen LogP contribution in [0, 0.1) is 29.6 Å². The molecule has 2 saturated carbocycles. The lowest BCUT2D eigenvalue weighted by molar-refractivity contribution is -0.143. The summed E-state index contributed by atoms with van der Waals surface area (Å²) < 4.78 is 0. The van der Waals surface area contributed by atoms with E-state index in [0.29, 0.717) is 17.8 Å². The van der Waals surface area contributed by atoms with Crippen LogP contribution in [0.1, 0.15) is 64.7 Å². The van der Waals surface area contributed by atoms with E-state index in [1.54, 1.807) is 0 Å². The summed E-state index contributed by atoms with van der Waals surface area (Å²) in [5, 5.41) is 18.5. The van der Waals surface area contributed by atoms with E-state index in [-0.39, 0.29) is 11.8 Å². The van der Waals surface area contributed by atoms with Crippen molar-refractivity contribution in [3.8, 4) is 0 Å². The zero-order chi connectivity index (χ0) is 15.4. The molecule has 120 valence electrons. The van der Waals surface area contributed by atoms with Gasteiger partial charge >= 0.3 is 11.9 Å². The lowest BCUT2D eigenvalue weighted by Gasteiger charge is -2.40. The Labute approximate surface area is 126 Å². The largest absolute Gasteiger partial charge is 0.481 e. The van der Waals surface area contributed by atoms with Crippen molar-refractivity contribution in [2.45, 2.75) is 64.7 Å². The van der Waals surface area contributed by atoms with Gasteiger partial charge in [0.05, 0.1) is 11.8 Å².